The van der Waals surface area contributed by atoms with Crippen LogP contribution in [-0.2, 0) is 11.2 Å². The summed E-state index contributed by atoms with van der Waals surface area (Å²) in [6.07, 6.45) is 8.79. The molecule has 1 saturated carbocycles. The van der Waals surface area contributed by atoms with Crippen LogP contribution in [0.2, 0.25) is 0 Å². The van der Waals surface area contributed by atoms with Gasteiger partial charge in [0.05, 0.1) is 30.6 Å². The van der Waals surface area contributed by atoms with Crippen LogP contribution in [0.4, 0.5) is 0 Å². The van der Waals surface area contributed by atoms with Crippen LogP contribution in [0, 0.1) is 5.92 Å². The molecule has 1 aliphatic carbocycles. The second-order valence-corrected chi connectivity index (χ2v) is 6.14. The molecule has 3 rings (SSSR count). The number of aromatic nitrogens is 2. The Balaban J connectivity index is 1.57. The molecule has 19 heavy (non-hydrogen) atoms. The minimum atomic E-state index is -0.322. The average Bonchev–Trinajstić information content (AvgIpc) is 3.07. The molecule has 4 nitrogen and oxygen atoms in total. The van der Waals surface area contributed by atoms with E-state index in [0.717, 1.165) is 12.1 Å². The summed E-state index contributed by atoms with van der Waals surface area (Å²) in [7, 11) is 0. The van der Waals surface area contributed by atoms with Crippen molar-refractivity contribution in [1.29, 1.82) is 0 Å². The number of aliphatic hydroxyl groups excluding tert-OH is 1. The quantitative estimate of drug-likeness (QED) is 0.908. The summed E-state index contributed by atoms with van der Waals surface area (Å²) in [6, 6.07) is 2.64. The van der Waals surface area contributed by atoms with Gasteiger partial charge in [-0.15, -0.1) is 0 Å². The summed E-state index contributed by atoms with van der Waals surface area (Å²) in [5.41, 5.74) is 1.01. The highest BCUT2D eigenvalue weighted by molar-refractivity contribution is 5.02. The van der Waals surface area contributed by atoms with Gasteiger partial charge in [0.1, 0.15) is 0 Å². The maximum atomic E-state index is 10.3. The molecule has 0 bridgehead atoms. The van der Waals surface area contributed by atoms with E-state index in [-0.39, 0.29) is 18.1 Å². The normalized spacial score (nSPS) is 30.0. The highest BCUT2D eigenvalue weighted by Gasteiger charge is 2.29. The van der Waals surface area contributed by atoms with Crippen molar-refractivity contribution in [3.63, 3.8) is 0 Å². The first kappa shape index (κ1) is 13.1. The van der Waals surface area contributed by atoms with E-state index in [1.807, 2.05) is 0 Å². The van der Waals surface area contributed by atoms with Gasteiger partial charge in [0.2, 0.25) is 0 Å². The summed E-state index contributed by atoms with van der Waals surface area (Å²) in [6.45, 7) is 2.76. The van der Waals surface area contributed by atoms with Crippen LogP contribution >= 0.6 is 0 Å². The van der Waals surface area contributed by atoms with Gasteiger partial charge in [0.15, 0.2) is 0 Å². The summed E-state index contributed by atoms with van der Waals surface area (Å²) >= 11 is 0. The fourth-order valence-electron chi connectivity index (χ4n) is 3.36. The van der Waals surface area contributed by atoms with Crippen LogP contribution in [-0.4, -0.2) is 33.7 Å². The van der Waals surface area contributed by atoms with Gasteiger partial charge in [-0.3, -0.25) is 4.68 Å². The molecule has 1 saturated heterocycles. The number of aliphatic hydroxyl groups is 1. The van der Waals surface area contributed by atoms with Crippen molar-refractivity contribution in [1.82, 2.24) is 9.78 Å². The van der Waals surface area contributed by atoms with Gasteiger partial charge in [-0.1, -0.05) is 12.8 Å². The SMILES string of the molecule is CC1CC(C(O)Cc2ccn(C3CCCC3)n2)CO1. The van der Waals surface area contributed by atoms with E-state index in [4.69, 9.17) is 4.74 Å². The smallest absolute Gasteiger partial charge is 0.0650 e. The Morgan fingerprint density at radius 2 is 2.26 bits per heavy atom. The molecule has 2 heterocycles. The molecule has 1 N–H and O–H groups in total. The Morgan fingerprint density at radius 1 is 1.47 bits per heavy atom. The molecule has 4 heteroatoms. The molecule has 1 aromatic heterocycles. The minimum Gasteiger partial charge on any atom is -0.392 e. The standard InChI is InChI=1S/C15H24N2O2/c1-11-8-12(10-19-11)15(18)9-13-6-7-17(16-13)14-4-2-3-5-14/h6-7,11-12,14-15,18H,2-5,8-10H2,1H3. The van der Waals surface area contributed by atoms with Gasteiger partial charge in [-0.2, -0.15) is 5.10 Å². The van der Waals surface area contributed by atoms with Crippen molar-refractivity contribution in [2.24, 2.45) is 5.92 Å². The Labute approximate surface area is 114 Å². The van der Waals surface area contributed by atoms with Crippen LogP contribution in [0.1, 0.15) is 50.8 Å². The Kier molecular flexibility index (Phi) is 3.89. The third kappa shape index (κ3) is 3.00. The average molecular weight is 264 g/mol. The molecular weight excluding hydrogens is 240 g/mol. The van der Waals surface area contributed by atoms with E-state index in [1.54, 1.807) is 0 Å². The molecule has 2 aliphatic rings. The predicted octanol–water partition coefficient (Wildman–Crippen LogP) is 2.33. The van der Waals surface area contributed by atoms with Gasteiger partial charge in [-0.25, -0.2) is 0 Å². The number of ether oxygens (including phenoxy) is 1. The van der Waals surface area contributed by atoms with E-state index in [2.05, 4.69) is 29.0 Å². The fraction of sp³-hybridized carbons (Fsp3) is 0.800. The van der Waals surface area contributed by atoms with Crippen LogP contribution < -0.4 is 0 Å². The molecule has 0 aromatic carbocycles. The molecule has 0 radical (unpaired) electrons. The highest BCUT2D eigenvalue weighted by Crippen LogP contribution is 2.29. The topological polar surface area (TPSA) is 47.3 Å². The summed E-state index contributed by atoms with van der Waals surface area (Å²) in [5, 5.41) is 14.9. The van der Waals surface area contributed by atoms with Crippen LogP contribution in [0.3, 0.4) is 0 Å². The van der Waals surface area contributed by atoms with E-state index in [9.17, 15) is 5.11 Å². The summed E-state index contributed by atoms with van der Waals surface area (Å²) in [5.74, 6) is 0.270. The van der Waals surface area contributed by atoms with Crippen molar-refractivity contribution in [2.75, 3.05) is 6.61 Å². The lowest BCUT2D eigenvalue weighted by molar-refractivity contribution is 0.0800. The van der Waals surface area contributed by atoms with Crippen LogP contribution in [0.15, 0.2) is 12.3 Å². The lowest BCUT2D eigenvalue weighted by Gasteiger charge is -2.15. The molecule has 1 aliphatic heterocycles. The van der Waals surface area contributed by atoms with Gasteiger partial charge in [0.25, 0.3) is 0 Å². The monoisotopic (exact) mass is 264 g/mol. The number of rotatable bonds is 4. The maximum Gasteiger partial charge on any atom is 0.0650 e. The number of nitrogens with zero attached hydrogens (tertiary/aromatic N) is 2. The van der Waals surface area contributed by atoms with Crippen molar-refractivity contribution >= 4 is 0 Å². The Bertz CT molecular complexity index is 412. The first-order valence-corrected chi connectivity index (χ1v) is 7.56. The van der Waals surface area contributed by atoms with Gasteiger partial charge < -0.3 is 9.84 Å². The summed E-state index contributed by atoms with van der Waals surface area (Å²) in [4.78, 5) is 0. The van der Waals surface area contributed by atoms with E-state index in [1.165, 1.54) is 25.7 Å². The van der Waals surface area contributed by atoms with E-state index < -0.39 is 0 Å². The molecular formula is C15H24N2O2. The third-order valence-corrected chi connectivity index (χ3v) is 4.55. The molecule has 1 aromatic rings. The van der Waals surface area contributed by atoms with Crippen molar-refractivity contribution in [3.05, 3.63) is 18.0 Å². The van der Waals surface area contributed by atoms with E-state index in [0.29, 0.717) is 19.1 Å². The highest BCUT2D eigenvalue weighted by atomic mass is 16.5. The first-order valence-electron chi connectivity index (χ1n) is 7.56. The molecule has 106 valence electrons. The second kappa shape index (κ2) is 5.63. The van der Waals surface area contributed by atoms with Crippen molar-refractivity contribution < 1.29 is 9.84 Å². The lowest BCUT2D eigenvalue weighted by atomic mass is 9.96. The fourth-order valence-corrected chi connectivity index (χ4v) is 3.36. The van der Waals surface area contributed by atoms with E-state index >= 15 is 0 Å². The molecule has 3 unspecified atom stereocenters. The Morgan fingerprint density at radius 3 is 2.95 bits per heavy atom. The predicted molar refractivity (Wildman–Crippen MR) is 73.0 cm³/mol. The van der Waals surface area contributed by atoms with Crippen LogP contribution in [0.5, 0.6) is 0 Å². The molecule has 0 spiro atoms. The van der Waals surface area contributed by atoms with Gasteiger partial charge in [-0.05, 0) is 32.3 Å². The van der Waals surface area contributed by atoms with Crippen LogP contribution in [0.25, 0.3) is 0 Å². The molecule has 3 atom stereocenters. The van der Waals surface area contributed by atoms with Crippen molar-refractivity contribution in [2.45, 2.75) is 63.7 Å². The zero-order valence-electron chi connectivity index (χ0n) is 11.7. The largest absolute Gasteiger partial charge is 0.392 e. The zero-order valence-corrected chi connectivity index (χ0v) is 11.7. The van der Waals surface area contributed by atoms with Gasteiger partial charge >= 0.3 is 0 Å². The summed E-state index contributed by atoms with van der Waals surface area (Å²) < 4.78 is 7.63. The zero-order chi connectivity index (χ0) is 13.2. The molecule has 2 fully saturated rings. The lowest BCUT2D eigenvalue weighted by Crippen LogP contribution is -2.23. The number of hydrogen-bond donors (Lipinski definition) is 1. The maximum absolute atomic E-state index is 10.3. The number of hydrogen-bond acceptors (Lipinski definition) is 3. The first-order chi connectivity index (χ1) is 9.22. The van der Waals surface area contributed by atoms with Gasteiger partial charge in [0, 0.05) is 18.5 Å². The second-order valence-electron chi connectivity index (χ2n) is 6.14. The molecule has 0 amide bonds. The van der Waals surface area contributed by atoms with Crippen molar-refractivity contribution in [3.8, 4) is 0 Å². The minimum absolute atomic E-state index is 0.270. The third-order valence-electron chi connectivity index (χ3n) is 4.55. The Hall–Kier alpha value is -0.870.